The fourth-order valence-electron chi connectivity index (χ4n) is 2.10. The van der Waals surface area contributed by atoms with Crippen molar-refractivity contribution in [1.82, 2.24) is 5.32 Å². The van der Waals surface area contributed by atoms with Gasteiger partial charge in [0.1, 0.15) is 0 Å². The molecule has 0 aromatic heterocycles. The van der Waals surface area contributed by atoms with E-state index < -0.39 is 0 Å². The number of amides is 1. The van der Waals surface area contributed by atoms with Crippen molar-refractivity contribution in [1.29, 1.82) is 0 Å². The number of hydrogen-bond donors (Lipinski definition) is 2. The van der Waals surface area contributed by atoms with Crippen LogP contribution < -0.4 is 11.1 Å². The summed E-state index contributed by atoms with van der Waals surface area (Å²) in [7, 11) is 0. The summed E-state index contributed by atoms with van der Waals surface area (Å²) >= 11 is 0. The minimum atomic E-state index is -0.355. The summed E-state index contributed by atoms with van der Waals surface area (Å²) in [6.07, 6.45) is 4.26. The van der Waals surface area contributed by atoms with E-state index in [1.54, 1.807) is 0 Å². The van der Waals surface area contributed by atoms with Gasteiger partial charge in [0, 0.05) is 19.8 Å². The van der Waals surface area contributed by atoms with Crippen molar-refractivity contribution in [3.8, 4) is 0 Å². The van der Waals surface area contributed by atoms with Gasteiger partial charge in [-0.05, 0) is 37.0 Å². The zero-order chi connectivity index (χ0) is 11.6. The first-order chi connectivity index (χ1) is 7.61. The molecule has 1 heterocycles. The van der Waals surface area contributed by atoms with Gasteiger partial charge in [-0.2, -0.15) is 0 Å². The van der Waals surface area contributed by atoms with Crippen LogP contribution in [0, 0.1) is 11.3 Å². The highest BCUT2D eigenvalue weighted by Gasteiger charge is 2.38. The molecule has 1 atom stereocenters. The smallest absolute Gasteiger partial charge is 0.237 e. The van der Waals surface area contributed by atoms with Gasteiger partial charge in [-0.3, -0.25) is 4.79 Å². The summed E-state index contributed by atoms with van der Waals surface area (Å²) in [6, 6.07) is -0.355. The third-order valence-corrected chi connectivity index (χ3v) is 3.87. The molecule has 1 aliphatic carbocycles. The van der Waals surface area contributed by atoms with Gasteiger partial charge in [-0.25, -0.2) is 0 Å². The van der Waals surface area contributed by atoms with Gasteiger partial charge in [0.05, 0.1) is 6.04 Å². The van der Waals surface area contributed by atoms with Crippen molar-refractivity contribution in [2.45, 2.75) is 38.6 Å². The number of rotatable bonds is 4. The topological polar surface area (TPSA) is 64.4 Å². The maximum Gasteiger partial charge on any atom is 0.237 e. The van der Waals surface area contributed by atoms with Gasteiger partial charge >= 0.3 is 0 Å². The lowest BCUT2D eigenvalue weighted by Crippen LogP contribution is -2.48. The summed E-state index contributed by atoms with van der Waals surface area (Å²) in [5.41, 5.74) is 6.33. The zero-order valence-corrected chi connectivity index (χ0v) is 10.00. The van der Waals surface area contributed by atoms with E-state index in [9.17, 15) is 4.79 Å². The lowest BCUT2D eigenvalue weighted by molar-refractivity contribution is -0.124. The average Bonchev–Trinajstić information content (AvgIpc) is 3.05. The van der Waals surface area contributed by atoms with E-state index in [2.05, 4.69) is 12.2 Å². The van der Waals surface area contributed by atoms with Crippen LogP contribution in [0.2, 0.25) is 0 Å². The van der Waals surface area contributed by atoms with Crippen LogP contribution in [0.15, 0.2) is 0 Å². The Kier molecular flexibility index (Phi) is 3.50. The maximum absolute atomic E-state index is 11.8. The van der Waals surface area contributed by atoms with Crippen molar-refractivity contribution >= 4 is 5.91 Å². The summed E-state index contributed by atoms with van der Waals surface area (Å²) in [6.45, 7) is 4.46. The normalized spacial score (nSPS) is 26.1. The number of carbonyl (C=O) groups is 1. The van der Waals surface area contributed by atoms with Crippen LogP contribution in [0.4, 0.5) is 0 Å². The number of nitrogens with two attached hydrogens (primary N) is 1. The Bertz CT molecular complexity index is 258. The van der Waals surface area contributed by atoms with Crippen LogP contribution in [0.3, 0.4) is 0 Å². The van der Waals surface area contributed by atoms with Crippen molar-refractivity contribution in [3.63, 3.8) is 0 Å². The molecule has 0 radical (unpaired) electrons. The predicted octanol–water partition coefficient (Wildman–Crippen LogP) is 0.657. The van der Waals surface area contributed by atoms with Crippen molar-refractivity contribution in [2.75, 3.05) is 19.8 Å². The van der Waals surface area contributed by atoms with Gasteiger partial charge in [0.25, 0.3) is 0 Å². The SMILES string of the molecule is CC1(CNC(=O)C(N)C2CCOCC2)CC1. The summed E-state index contributed by atoms with van der Waals surface area (Å²) in [5.74, 6) is 0.306. The molecule has 0 aromatic rings. The highest BCUT2D eigenvalue weighted by molar-refractivity contribution is 5.81. The van der Waals surface area contributed by atoms with Gasteiger partial charge in [-0.1, -0.05) is 6.92 Å². The van der Waals surface area contributed by atoms with Crippen LogP contribution >= 0.6 is 0 Å². The Balaban J connectivity index is 1.74. The number of nitrogens with one attached hydrogen (secondary N) is 1. The molecular formula is C12H22N2O2. The van der Waals surface area contributed by atoms with Crippen molar-refractivity contribution in [3.05, 3.63) is 0 Å². The molecule has 2 rings (SSSR count). The number of carbonyl (C=O) groups excluding carboxylic acids is 1. The van der Waals surface area contributed by atoms with E-state index in [-0.39, 0.29) is 11.9 Å². The fraction of sp³-hybridized carbons (Fsp3) is 0.917. The molecule has 4 nitrogen and oxygen atoms in total. The van der Waals surface area contributed by atoms with Crippen LogP contribution in [-0.2, 0) is 9.53 Å². The van der Waals surface area contributed by atoms with Crippen molar-refractivity contribution in [2.24, 2.45) is 17.1 Å². The zero-order valence-electron chi connectivity index (χ0n) is 10.00. The second-order valence-corrected chi connectivity index (χ2v) is 5.50. The van der Waals surface area contributed by atoms with Crippen LogP contribution in [-0.4, -0.2) is 31.7 Å². The quantitative estimate of drug-likeness (QED) is 0.740. The van der Waals surface area contributed by atoms with Gasteiger partial charge in [-0.15, -0.1) is 0 Å². The molecule has 0 aromatic carbocycles. The first-order valence-electron chi connectivity index (χ1n) is 6.22. The number of ether oxygens (including phenoxy) is 1. The molecule has 1 aliphatic heterocycles. The molecule has 0 bridgehead atoms. The molecule has 2 fully saturated rings. The molecule has 1 unspecified atom stereocenters. The third kappa shape index (κ3) is 2.95. The molecular weight excluding hydrogens is 204 g/mol. The molecule has 1 saturated carbocycles. The van der Waals surface area contributed by atoms with Crippen LogP contribution in [0.5, 0.6) is 0 Å². The molecule has 4 heteroatoms. The Hall–Kier alpha value is -0.610. The van der Waals surface area contributed by atoms with Gasteiger partial charge in [0.15, 0.2) is 0 Å². The molecule has 2 aliphatic rings. The molecule has 0 spiro atoms. The first-order valence-corrected chi connectivity index (χ1v) is 6.22. The van der Waals surface area contributed by atoms with E-state index in [1.165, 1.54) is 12.8 Å². The second kappa shape index (κ2) is 4.72. The lowest BCUT2D eigenvalue weighted by atomic mass is 9.92. The van der Waals surface area contributed by atoms with Gasteiger partial charge < -0.3 is 15.8 Å². The largest absolute Gasteiger partial charge is 0.381 e. The summed E-state index contributed by atoms with van der Waals surface area (Å²) in [5, 5.41) is 2.98. The second-order valence-electron chi connectivity index (χ2n) is 5.50. The van der Waals surface area contributed by atoms with E-state index in [1.807, 2.05) is 0 Å². The summed E-state index contributed by atoms with van der Waals surface area (Å²) < 4.78 is 5.27. The molecule has 1 amide bonds. The molecule has 16 heavy (non-hydrogen) atoms. The maximum atomic E-state index is 11.8. The third-order valence-electron chi connectivity index (χ3n) is 3.87. The molecule has 3 N–H and O–H groups in total. The van der Waals surface area contributed by atoms with E-state index in [4.69, 9.17) is 10.5 Å². The predicted molar refractivity (Wildman–Crippen MR) is 61.9 cm³/mol. The summed E-state index contributed by atoms with van der Waals surface area (Å²) in [4.78, 5) is 11.8. The standard InChI is InChI=1S/C12H22N2O2/c1-12(4-5-12)8-14-11(15)10(13)9-2-6-16-7-3-9/h9-10H,2-8,13H2,1H3,(H,14,15). The Morgan fingerprint density at radius 3 is 2.69 bits per heavy atom. The van der Waals surface area contributed by atoms with Crippen LogP contribution in [0.25, 0.3) is 0 Å². The Morgan fingerprint density at radius 2 is 2.12 bits per heavy atom. The Morgan fingerprint density at radius 1 is 1.50 bits per heavy atom. The monoisotopic (exact) mass is 226 g/mol. The Labute approximate surface area is 96.9 Å². The minimum absolute atomic E-state index is 0.0139. The molecule has 1 saturated heterocycles. The first kappa shape index (κ1) is 11.9. The highest BCUT2D eigenvalue weighted by Crippen LogP contribution is 2.44. The van der Waals surface area contributed by atoms with Gasteiger partial charge in [0.2, 0.25) is 5.91 Å². The van der Waals surface area contributed by atoms with Crippen molar-refractivity contribution < 1.29 is 9.53 Å². The number of hydrogen-bond acceptors (Lipinski definition) is 3. The van der Waals surface area contributed by atoms with Crippen LogP contribution in [0.1, 0.15) is 32.6 Å². The minimum Gasteiger partial charge on any atom is -0.381 e. The fourth-order valence-corrected chi connectivity index (χ4v) is 2.10. The molecule has 92 valence electrons. The highest BCUT2D eigenvalue weighted by atomic mass is 16.5. The lowest BCUT2D eigenvalue weighted by Gasteiger charge is -2.27. The van der Waals surface area contributed by atoms with E-state index in [0.717, 1.165) is 32.6 Å². The van der Waals surface area contributed by atoms with E-state index in [0.29, 0.717) is 11.3 Å². The average molecular weight is 226 g/mol. The van der Waals surface area contributed by atoms with E-state index >= 15 is 0 Å².